The van der Waals surface area contributed by atoms with Crippen molar-refractivity contribution in [3.8, 4) is 0 Å². The van der Waals surface area contributed by atoms with Crippen molar-refractivity contribution in [2.75, 3.05) is 36.4 Å². The highest BCUT2D eigenvalue weighted by Crippen LogP contribution is 2.40. The molecule has 3 aromatic carbocycles. The highest BCUT2D eigenvalue weighted by Gasteiger charge is 2.38. The summed E-state index contributed by atoms with van der Waals surface area (Å²) in [5.74, 6) is 0.950. The Hall–Kier alpha value is -3.20. The van der Waals surface area contributed by atoms with Crippen LogP contribution in [0.15, 0.2) is 78.9 Å². The quantitative estimate of drug-likeness (QED) is 0.339. The first kappa shape index (κ1) is 26.4. The van der Waals surface area contributed by atoms with E-state index in [1.54, 1.807) is 28.6 Å². The third-order valence-corrected chi connectivity index (χ3v) is 9.60. The van der Waals surface area contributed by atoms with Crippen LogP contribution in [0.1, 0.15) is 46.7 Å². The molecule has 2 atom stereocenters. The van der Waals surface area contributed by atoms with Crippen molar-refractivity contribution >= 4 is 27.3 Å². The molecule has 7 nitrogen and oxygen atoms in total. The van der Waals surface area contributed by atoms with Crippen molar-refractivity contribution in [2.24, 2.45) is 5.92 Å². The average molecular weight is 533 g/mol. The Morgan fingerprint density at radius 2 is 1.61 bits per heavy atom. The van der Waals surface area contributed by atoms with E-state index in [0.717, 1.165) is 24.9 Å². The van der Waals surface area contributed by atoms with Crippen molar-refractivity contribution in [3.05, 3.63) is 95.6 Å². The Bertz CT molecular complexity index is 1340. The summed E-state index contributed by atoms with van der Waals surface area (Å²) in [4.78, 5) is 12.5. The molecule has 1 aliphatic carbocycles. The number of piperidine rings is 1. The summed E-state index contributed by atoms with van der Waals surface area (Å²) >= 11 is 0. The highest BCUT2D eigenvalue weighted by molar-refractivity contribution is 7.89. The van der Waals surface area contributed by atoms with Crippen LogP contribution >= 0.6 is 0 Å². The Morgan fingerprint density at radius 3 is 2.32 bits per heavy atom. The van der Waals surface area contributed by atoms with Crippen LogP contribution < -0.4 is 16.4 Å². The predicted octanol–water partition coefficient (Wildman–Crippen LogP) is 4.25. The minimum atomic E-state index is -3.32. The summed E-state index contributed by atoms with van der Waals surface area (Å²) in [6.07, 6.45) is 3.39. The van der Waals surface area contributed by atoms with Gasteiger partial charge in [0.25, 0.3) is 5.91 Å². The lowest BCUT2D eigenvalue weighted by molar-refractivity contribution is 0.102. The summed E-state index contributed by atoms with van der Waals surface area (Å²) < 4.78 is 27.6. The molecule has 8 heteroatoms. The second-order valence-corrected chi connectivity index (χ2v) is 12.5. The van der Waals surface area contributed by atoms with Gasteiger partial charge in [-0.1, -0.05) is 54.6 Å². The first-order valence-electron chi connectivity index (χ1n) is 13.4. The molecule has 1 saturated carbocycles. The minimum absolute atomic E-state index is 0.0723. The third-order valence-electron chi connectivity index (χ3n) is 7.73. The average Bonchev–Trinajstić information content (AvgIpc) is 3.73. The van der Waals surface area contributed by atoms with Gasteiger partial charge in [0.05, 0.1) is 17.1 Å². The number of carbonyl (C=O) groups excluding carboxylic acids is 1. The predicted molar refractivity (Wildman–Crippen MR) is 153 cm³/mol. The summed E-state index contributed by atoms with van der Waals surface area (Å²) in [7, 11) is -3.32. The lowest BCUT2D eigenvalue weighted by atomic mass is 9.98. The highest BCUT2D eigenvalue weighted by atomic mass is 32.2. The Kier molecular flexibility index (Phi) is 8.12. The van der Waals surface area contributed by atoms with Crippen LogP contribution in [0.3, 0.4) is 0 Å². The van der Waals surface area contributed by atoms with Crippen LogP contribution in [0.4, 0.5) is 11.4 Å². The number of amides is 1. The fourth-order valence-electron chi connectivity index (χ4n) is 5.20. The zero-order valence-electron chi connectivity index (χ0n) is 21.6. The Labute approximate surface area is 225 Å². The maximum atomic E-state index is 13.0. The van der Waals surface area contributed by atoms with Crippen molar-refractivity contribution < 1.29 is 13.2 Å². The lowest BCUT2D eigenvalue weighted by Gasteiger charge is -2.31. The third kappa shape index (κ3) is 6.62. The van der Waals surface area contributed by atoms with E-state index in [9.17, 15) is 13.2 Å². The maximum absolute atomic E-state index is 13.0. The molecular formula is C30H36N4O3S. The van der Waals surface area contributed by atoms with Gasteiger partial charge in [0.1, 0.15) is 0 Å². The van der Waals surface area contributed by atoms with E-state index in [0.29, 0.717) is 54.3 Å². The van der Waals surface area contributed by atoms with E-state index in [4.69, 9.17) is 5.73 Å². The molecule has 0 aromatic heterocycles. The van der Waals surface area contributed by atoms with Gasteiger partial charge in [0.15, 0.2) is 0 Å². The van der Waals surface area contributed by atoms with Crippen molar-refractivity contribution in [1.82, 2.24) is 9.62 Å². The van der Waals surface area contributed by atoms with Gasteiger partial charge < -0.3 is 16.4 Å². The normalized spacial score (nSPS) is 20.2. The monoisotopic (exact) mass is 532 g/mol. The van der Waals surface area contributed by atoms with E-state index in [1.807, 2.05) is 24.3 Å². The number of hydrogen-bond acceptors (Lipinski definition) is 5. The number of nitrogens with two attached hydrogens (primary N) is 1. The standard InChI is InChI=1S/C30H36N4O3S/c31-27-8-4-5-9-28(27)33-30(35)25-12-10-22(11-13-25)16-19-38(36,37)34-17-14-23(15-18-34)21-32-29-20-26(29)24-6-2-1-3-7-24/h1-13,23,26,29,32H,14-21,31H2,(H,33,35). The van der Waals surface area contributed by atoms with Gasteiger partial charge >= 0.3 is 0 Å². The molecule has 3 aromatic rings. The summed E-state index contributed by atoms with van der Waals surface area (Å²) in [6, 6.07) is 25.4. The van der Waals surface area contributed by atoms with Gasteiger partial charge in [0.2, 0.25) is 10.0 Å². The molecule has 1 aliphatic heterocycles. The SMILES string of the molecule is Nc1ccccc1NC(=O)c1ccc(CCS(=O)(=O)N2CCC(CNC3CC3c3ccccc3)CC2)cc1. The number of rotatable bonds is 10. The number of para-hydroxylation sites is 2. The van der Waals surface area contributed by atoms with E-state index in [2.05, 4.69) is 41.0 Å². The number of nitrogens with zero attached hydrogens (tertiary/aromatic N) is 1. The minimum Gasteiger partial charge on any atom is -0.397 e. The largest absolute Gasteiger partial charge is 0.397 e. The number of benzene rings is 3. The van der Waals surface area contributed by atoms with Crippen molar-refractivity contribution in [3.63, 3.8) is 0 Å². The van der Waals surface area contributed by atoms with Crippen LogP contribution in [0, 0.1) is 5.92 Å². The molecule has 2 fully saturated rings. The number of nitrogens with one attached hydrogen (secondary N) is 2. The number of hydrogen-bond donors (Lipinski definition) is 3. The first-order chi connectivity index (χ1) is 18.4. The molecule has 200 valence electrons. The van der Waals surface area contributed by atoms with Gasteiger partial charge in [-0.3, -0.25) is 4.79 Å². The Balaban J connectivity index is 1.04. The van der Waals surface area contributed by atoms with E-state index in [1.165, 1.54) is 12.0 Å². The molecular weight excluding hydrogens is 496 g/mol. The molecule has 4 N–H and O–H groups in total. The van der Waals surface area contributed by atoms with Gasteiger partial charge in [-0.25, -0.2) is 12.7 Å². The van der Waals surface area contributed by atoms with Gasteiger partial charge in [0, 0.05) is 30.6 Å². The van der Waals surface area contributed by atoms with Crippen LogP contribution in [-0.4, -0.2) is 50.1 Å². The summed E-state index contributed by atoms with van der Waals surface area (Å²) in [6.45, 7) is 2.13. The maximum Gasteiger partial charge on any atom is 0.255 e. The molecule has 1 amide bonds. The number of sulfonamides is 1. The molecule has 0 bridgehead atoms. The molecule has 2 unspecified atom stereocenters. The summed E-state index contributed by atoms with van der Waals surface area (Å²) in [5, 5.41) is 6.51. The van der Waals surface area contributed by atoms with Gasteiger partial charge in [-0.05, 0) is 73.5 Å². The second kappa shape index (κ2) is 11.7. The van der Waals surface area contributed by atoms with Crippen LogP contribution in [0.25, 0.3) is 0 Å². The van der Waals surface area contributed by atoms with E-state index < -0.39 is 10.0 Å². The van der Waals surface area contributed by atoms with Gasteiger partial charge in [-0.15, -0.1) is 0 Å². The zero-order valence-corrected chi connectivity index (χ0v) is 22.4. The zero-order chi connectivity index (χ0) is 26.5. The molecule has 1 heterocycles. The number of carbonyl (C=O) groups is 1. The molecule has 38 heavy (non-hydrogen) atoms. The molecule has 0 spiro atoms. The summed E-state index contributed by atoms with van der Waals surface area (Å²) in [5.41, 5.74) is 9.75. The van der Waals surface area contributed by atoms with Gasteiger partial charge in [-0.2, -0.15) is 0 Å². The molecule has 0 radical (unpaired) electrons. The topological polar surface area (TPSA) is 105 Å². The molecule has 1 saturated heterocycles. The number of aryl methyl sites for hydroxylation is 1. The number of nitrogen functional groups attached to an aromatic ring is 1. The second-order valence-electron chi connectivity index (χ2n) is 10.4. The van der Waals surface area contributed by atoms with Crippen molar-refractivity contribution in [2.45, 2.75) is 37.6 Å². The fraction of sp³-hybridized carbons (Fsp3) is 0.367. The van der Waals surface area contributed by atoms with Crippen molar-refractivity contribution in [1.29, 1.82) is 0 Å². The smallest absolute Gasteiger partial charge is 0.255 e. The van der Waals surface area contributed by atoms with Crippen LogP contribution in [0.5, 0.6) is 0 Å². The fourth-order valence-corrected chi connectivity index (χ4v) is 6.72. The lowest BCUT2D eigenvalue weighted by Crippen LogP contribution is -2.42. The molecule has 5 rings (SSSR count). The molecule has 2 aliphatic rings. The Morgan fingerprint density at radius 1 is 0.921 bits per heavy atom. The van der Waals surface area contributed by atoms with E-state index >= 15 is 0 Å². The van der Waals surface area contributed by atoms with E-state index in [-0.39, 0.29) is 11.7 Å². The van der Waals surface area contributed by atoms with Crippen LogP contribution in [-0.2, 0) is 16.4 Å². The first-order valence-corrected chi connectivity index (χ1v) is 15.0. The van der Waals surface area contributed by atoms with Crippen LogP contribution in [0.2, 0.25) is 0 Å². The number of anilines is 2.